The number of nitrogens with zero attached hydrogens (tertiary/aromatic N) is 1. The summed E-state index contributed by atoms with van der Waals surface area (Å²) >= 11 is 0. The number of amides is 1. The normalized spacial score (nSPS) is 41.0. The third-order valence-corrected chi connectivity index (χ3v) is 6.10. The van der Waals surface area contributed by atoms with Crippen molar-refractivity contribution in [2.75, 3.05) is 19.7 Å². The lowest BCUT2D eigenvalue weighted by molar-refractivity contribution is -0.203. The highest BCUT2D eigenvalue weighted by Gasteiger charge is 2.72. The summed E-state index contributed by atoms with van der Waals surface area (Å²) in [7, 11) is 0. The van der Waals surface area contributed by atoms with Crippen LogP contribution in [0.3, 0.4) is 0 Å². The predicted molar refractivity (Wildman–Crippen MR) is 74.9 cm³/mol. The number of hydrogen-bond donors (Lipinski definition) is 2. The van der Waals surface area contributed by atoms with Gasteiger partial charge in [0.2, 0.25) is 5.91 Å². The van der Waals surface area contributed by atoms with E-state index in [9.17, 15) is 9.90 Å². The molecule has 5 heteroatoms. The molecule has 3 N–H and O–H groups in total. The fourth-order valence-corrected chi connectivity index (χ4v) is 4.20. The quantitative estimate of drug-likeness (QED) is 0.767. The molecule has 0 radical (unpaired) electrons. The number of rotatable bonds is 2. The van der Waals surface area contributed by atoms with E-state index in [4.69, 9.17) is 10.5 Å². The molecule has 0 aromatic rings. The lowest BCUT2D eigenvalue weighted by Crippen LogP contribution is -2.83. The zero-order chi connectivity index (χ0) is 14.9. The molecule has 114 valence electrons. The Kier molecular flexibility index (Phi) is 2.83. The standard InChI is InChI=1S/C15H26N2O3/c1-9(2)14(19)7-17(8-14)12(18)15(16)10-5-6-20-11(10)13(15,3)4/h9-11,19H,5-8,16H2,1-4H3. The molecular weight excluding hydrogens is 256 g/mol. The molecule has 1 saturated carbocycles. The average Bonchev–Trinajstić information content (AvgIpc) is 2.80. The van der Waals surface area contributed by atoms with Gasteiger partial charge in [-0.2, -0.15) is 0 Å². The maximum absolute atomic E-state index is 12.8. The lowest BCUT2D eigenvalue weighted by Gasteiger charge is -2.63. The van der Waals surface area contributed by atoms with Gasteiger partial charge in [0.15, 0.2) is 0 Å². The zero-order valence-electron chi connectivity index (χ0n) is 12.8. The van der Waals surface area contributed by atoms with Crippen molar-refractivity contribution in [3.63, 3.8) is 0 Å². The van der Waals surface area contributed by atoms with E-state index in [-0.39, 0.29) is 29.3 Å². The molecule has 0 aromatic carbocycles. The average molecular weight is 282 g/mol. The van der Waals surface area contributed by atoms with Crippen LogP contribution in [0.2, 0.25) is 0 Å². The van der Waals surface area contributed by atoms with Crippen LogP contribution in [0.25, 0.3) is 0 Å². The first-order chi connectivity index (χ1) is 9.14. The van der Waals surface area contributed by atoms with Crippen LogP contribution in [0.5, 0.6) is 0 Å². The molecule has 3 fully saturated rings. The molecule has 1 amide bonds. The van der Waals surface area contributed by atoms with E-state index >= 15 is 0 Å². The number of carbonyl (C=O) groups excluding carboxylic acids is 1. The molecule has 3 aliphatic rings. The summed E-state index contributed by atoms with van der Waals surface area (Å²) in [6, 6.07) is 0. The largest absolute Gasteiger partial charge is 0.386 e. The highest BCUT2D eigenvalue weighted by Crippen LogP contribution is 2.59. The van der Waals surface area contributed by atoms with E-state index in [0.29, 0.717) is 19.7 Å². The minimum absolute atomic E-state index is 0.0143. The fourth-order valence-electron chi connectivity index (χ4n) is 4.20. The van der Waals surface area contributed by atoms with Gasteiger partial charge in [0.25, 0.3) is 0 Å². The Morgan fingerprint density at radius 2 is 2.00 bits per heavy atom. The van der Waals surface area contributed by atoms with Crippen LogP contribution in [0.4, 0.5) is 0 Å². The highest BCUT2D eigenvalue weighted by atomic mass is 16.5. The van der Waals surface area contributed by atoms with Gasteiger partial charge in [0.1, 0.15) is 11.1 Å². The molecule has 3 atom stereocenters. The molecular formula is C15H26N2O3. The van der Waals surface area contributed by atoms with Gasteiger partial charge in [-0.15, -0.1) is 0 Å². The van der Waals surface area contributed by atoms with E-state index in [1.54, 1.807) is 4.90 Å². The SMILES string of the molecule is CC(C)C1(O)CN(C(=O)C2(N)C3CCOC3C2(C)C)C1. The highest BCUT2D eigenvalue weighted by molar-refractivity contribution is 5.90. The second kappa shape index (κ2) is 3.96. The van der Waals surface area contributed by atoms with Crippen LogP contribution >= 0.6 is 0 Å². The second-order valence-corrected chi connectivity index (χ2v) is 7.70. The Hall–Kier alpha value is -0.650. The van der Waals surface area contributed by atoms with Crippen LogP contribution in [0.15, 0.2) is 0 Å². The number of hydrogen-bond acceptors (Lipinski definition) is 4. The van der Waals surface area contributed by atoms with Gasteiger partial charge in [-0.05, 0) is 12.3 Å². The zero-order valence-corrected chi connectivity index (χ0v) is 12.8. The number of carbonyl (C=O) groups is 1. The maximum atomic E-state index is 12.8. The molecule has 0 bridgehead atoms. The van der Waals surface area contributed by atoms with Crippen molar-refractivity contribution in [2.24, 2.45) is 23.0 Å². The van der Waals surface area contributed by atoms with E-state index in [1.165, 1.54) is 0 Å². The maximum Gasteiger partial charge on any atom is 0.243 e. The Morgan fingerprint density at radius 3 is 2.55 bits per heavy atom. The lowest BCUT2D eigenvalue weighted by atomic mass is 9.47. The third-order valence-electron chi connectivity index (χ3n) is 6.10. The van der Waals surface area contributed by atoms with E-state index in [2.05, 4.69) is 0 Å². The molecule has 2 heterocycles. The summed E-state index contributed by atoms with van der Waals surface area (Å²) in [5.74, 6) is 0.259. The Morgan fingerprint density at radius 1 is 1.40 bits per heavy atom. The van der Waals surface area contributed by atoms with E-state index in [0.717, 1.165) is 6.42 Å². The first-order valence-corrected chi connectivity index (χ1v) is 7.57. The molecule has 20 heavy (non-hydrogen) atoms. The van der Waals surface area contributed by atoms with Gasteiger partial charge >= 0.3 is 0 Å². The minimum Gasteiger partial charge on any atom is -0.386 e. The van der Waals surface area contributed by atoms with Crippen molar-refractivity contribution in [1.82, 2.24) is 4.90 Å². The smallest absolute Gasteiger partial charge is 0.243 e. The second-order valence-electron chi connectivity index (χ2n) is 7.70. The number of aliphatic hydroxyl groups is 1. The van der Waals surface area contributed by atoms with E-state index in [1.807, 2.05) is 27.7 Å². The first-order valence-electron chi connectivity index (χ1n) is 7.57. The summed E-state index contributed by atoms with van der Waals surface area (Å²) < 4.78 is 5.72. The van der Waals surface area contributed by atoms with Crippen LogP contribution < -0.4 is 5.73 Å². The topological polar surface area (TPSA) is 75.8 Å². The summed E-state index contributed by atoms with van der Waals surface area (Å²) in [4.78, 5) is 14.6. The van der Waals surface area contributed by atoms with Crippen molar-refractivity contribution >= 4 is 5.91 Å². The number of nitrogens with two attached hydrogens (primary N) is 1. The van der Waals surface area contributed by atoms with Gasteiger partial charge in [0.05, 0.1) is 19.2 Å². The van der Waals surface area contributed by atoms with E-state index < -0.39 is 11.1 Å². The molecule has 3 unspecified atom stereocenters. The van der Waals surface area contributed by atoms with Gasteiger partial charge < -0.3 is 20.5 Å². The molecule has 3 rings (SSSR count). The van der Waals surface area contributed by atoms with Gasteiger partial charge in [-0.25, -0.2) is 0 Å². The van der Waals surface area contributed by atoms with Crippen molar-refractivity contribution in [3.05, 3.63) is 0 Å². The molecule has 0 spiro atoms. The van der Waals surface area contributed by atoms with Crippen LogP contribution in [0, 0.1) is 17.3 Å². The van der Waals surface area contributed by atoms with Crippen molar-refractivity contribution < 1.29 is 14.6 Å². The fraction of sp³-hybridized carbons (Fsp3) is 0.933. The number of β-amino-alcohol motifs (C(OH)–C–C–N with tert-alkyl or cyclic N) is 1. The summed E-state index contributed by atoms with van der Waals surface area (Å²) in [5.41, 5.74) is 4.61. The summed E-state index contributed by atoms with van der Waals surface area (Å²) in [6.07, 6.45) is 0.959. The van der Waals surface area contributed by atoms with Crippen molar-refractivity contribution in [3.8, 4) is 0 Å². The summed E-state index contributed by atoms with van der Waals surface area (Å²) in [5, 5.41) is 10.3. The predicted octanol–water partition coefficient (Wildman–Crippen LogP) is 0.358. The molecule has 5 nitrogen and oxygen atoms in total. The Bertz CT molecular complexity index is 442. The minimum atomic E-state index is -0.841. The van der Waals surface area contributed by atoms with Gasteiger partial charge in [-0.1, -0.05) is 27.7 Å². The number of fused-ring (bicyclic) bond motifs is 1. The van der Waals surface area contributed by atoms with Crippen LogP contribution in [0.1, 0.15) is 34.1 Å². The molecule has 2 aliphatic heterocycles. The van der Waals surface area contributed by atoms with Gasteiger partial charge in [-0.3, -0.25) is 4.79 Å². The number of ether oxygens (including phenoxy) is 1. The molecule has 1 aliphatic carbocycles. The molecule has 0 aromatic heterocycles. The third kappa shape index (κ3) is 1.46. The van der Waals surface area contributed by atoms with Crippen LogP contribution in [-0.2, 0) is 9.53 Å². The van der Waals surface area contributed by atoms with Gasteiger partial charge in [0, 0.05) is 17.9 Å². The summed E-state index contributed by atoms with van der Waals surface area (Å²) in [6.45, 7) is 9.49. The van der Waals surface area contributed by atoms with Crippen molar-refractivity contribution in [2.45, 2.75) is 51.4 Å². The van der Waals surface area contributed by atoms with Crippen molar-refractivity contribution in [1.29, 1.82) is 0 Å². The number of likely N-dealkylation sites (tertiary alicyclic amines) is 1. The Labute approximate surface area is 120 Å². The van der Waals surface area contributed by atoms with Crippen LogP contribution in [-0.4, -0.2) is 52.9 Å². The monoisotopic (exact) mass is 282 g/mol. The Balaban J connectivity index is 1.76. The molecule has 2 saturated heterocycles. The first kappa shape index (κ1) is 14.3.